The van der Waals surface area contributed by atoms with Crippen molar-refractivity contribution in [3.05, 3.63) is 52.5 Å². The summed E-state index contributed by atoms with van der Waals surface area (Å²) in [6, 6.07) is 13.7. The van der Waals surface area contributed by atoms with Crippen LogP contribution in [0.1, 0.15) is 12.5 Å². The van der Waals surface area contributed by atoms with Gasteiger partial charge in [0.2, 0.25) is 5.91 Å². The quantitative estimate of drug-likeness (QED) is 0.877. The molecular weight excluding hydrogens is 304 g/mol. The molecule has 2 aromatic carbocycles. The Labute approximate surface area is 121 Å². The molecule has 0 atom stereocenters. The average Bonchev–Trinajstić information content (AvgIpc) is 2.34. The van der Waals surface area contributed by atoms with E-state index in [1.54, 1.807) is 0 Å². The molecule has 0 saturated carbocycles. The number of carbonyl (C=O) groups is 1. The molecule has 2 aromatic rings. The van der Waals surface area contributed by atoms with E-state index in [0.29, 0.717) is 0 Å². The van der Waals surface area contributed by atoms with Gasteiger partial charge in [-0.05, 0) is 64.8 Å². The standard InChI is InChI=1S/C15H15BrN2O/c1-10-3-8-15(14(16)9-10)18-13-6-4-12(5-7-13)17-11(2)19/h3-9,18H,1-2H3,(H,17,19). The molecule has 1 amide bonds. The molecular formula is C15H15BrN2O. The number of nitrogens with one attached hydrogen (secondary N) is 2. The first kappa shape index (κ1) is 13.6. The normalized spacial score (nSPS) is 10.1. The van der Waals surface area contributed by atoms with Gasteiger partial charge in [0.25, 0.3) is 0 Å². The summed E-state index contributed by atoms with van der Waals surface area (Å²) >= 11 is 3.53. The zero-order chi connectivity index (χ0) is 13.8. The van der Waals surface area contributed by atoms with Crippen LogP contribution < -0.4 is 10.6 Å². The van der Waals surface area contributed by atoms with Crippen LogP contribution in [0, 0.1) is 6.92 Å². The zero-order valence-electron chi connectivity index (χ0n) is 10.8. The number of hydrogen-bond donors (Lipinski definition) is 2. The SMILES string of the molecule is CC(=O)Nc1ccc(Nc2ccc(C)cc2Br)cc1. The molecule has 3 nitrogen and oxygen atoms in total. The minimum absolute atomic E-state index is 0.0676. The largest absolute Gasteiger partial charge is 0.355 e. The van der Waals surface area contributed by atoms with Crippen LogP contribution in [0.3, 0.4) is 0 Å². The van der Waals surface area contributed by atoms with E-state index in [1.165, 1.54) is 12.5 Å². The van der Waals surface area contributed by atoms with Crippen molar-refractivity contribution in [2.45, 2.75) is 13.8 Å². The summed E-state index contributed by atoms with van der Waals surface area (Å²) < 4.78 is 1.03. The van der Waals surface area contributed by atoms with Gasteiger partial charge in [-0.3, -0.25) is 4.79 Å². The van der Waals surface area contributed by atoms with Crippen molar-refractivity contribution in [3.63, 3.8) is 0 Å². The van der Waals surface area contributed by atoms with E-state index in [4.69, 9.17) is 0 Å². The van der Waals surface area contributed by atoms with Gasteiger partial charge in [0.05, 0.1) is 5.69 Å². The molecule has 0 aliphatic heterocycles. The highest BCUT2D eigenvalue weighted by atomic mass is 79.9. The third-order valence-corrected chi connectivity index (χ3v) is 3.26. The van der Waals surface area contributed by atoms with E-state index in [0.717, 1.165) is 21.5 Å². The van der Waals surface area contributed by atoms with Crippen molar-refractivity contribution < 1.29 is 4.79 Å². The number of benzene rings is 2. The number of hydrogen-bond acceptors (Lipinski definition) is 2. The van der Waals surface area contributed by atoms with Crippen molar-refractivity contribution in [2.75, 3.05) is 10.6 Å². The van der Waals surface area contributed by atoms with E-state index in [1.807, 2.05) is 30.3 Å². The Morgan fingerprint density at radius 2 is 1.68 bits per heavy atom. The number of amides is 1. The highest BCUT2D eigenvalue weighted by Crippen LogP contribution is 2.27. The highest BCUT2D eigenvalue weighted by molar-refractivity contribution is 9.10. The molecule has 0 aromatic heterocycles. The second-order valence-corrected chi connectivity index (χ2v) is 5.22. The maximum absolute atomic E-state index is 10.9. The number of rotatable bonds is 3. The second-order valence-electron chi connectivity index (χ2n) is 4.37. The van der Waals surface area contributed by atoms with Crippen LogP contribution in [0.5, 0.6) is 0 Å². The topological polar surface area (TPSA) is 41.1 Å². The first-order valence-electron chi connectivity index (χ1n) is 5.95. The lowest BCUT2D eigenvalue weighted by atomic mass is 10.2. The molecule has 0 heterocycles. The molecule has 19 heavy (non-hydrogen) atoms. The fraction of sp³-hybridized carbons (Fsp3) is 0.133. The molecule has 4 heteroatoms. The average molecular weight is 319 g/mol. The summed E-state index contributed by atoms with van der Waals surface area (Å²) in [6.07, 6.45) is 0. The van der Waals surface area contributed by atoms with Crippen LogP contribution in [-0.4, -0.2) is 5.91 Å². The first-order valence-corrected chi connectivity index (χ1v) is 6.75. The van der Waals surface area contributed by atoms with Crippen molar-refractivity contribution in [1.29, 1.82) is 0 Å². The minimum Gasteiger partial charge on any atom is -0.355 e. The molecule has 98 valence electrons. The Kier molecular flexibility index (Phi) is 4.22. The Balaban J connectivity index is 2.13. The van der Waals surface area contributed by atoms with E-state index >= 15 is 0 Å². The molecule has 0 saturated heterocycles. The number of carbonyl (C=O) groups excluding carboxylic acids is 1. The van der Waals surface area contributed by atoms with Gasteiger partial charge in [0.1, 0.15) is 0 Å². The molecule has 0 unspecified atom stereocenters. The molecule has 2 rings (SSSR count). The smallest absolute Gasteiger partial charge is 0.221 e. The summed E-state index contributed by atoms with van der Waals surface area (Å²) in [5.74, 6) is -0.0676. The van der Waals surface area contributed by atoms with Crippen molar-refractivity contribution in [1.82, 2.24) is 0 Å². The van der Waals surface area contributed by atoms with Gasteiger partial charge in [-0.15, -0.1) is 0 Å². The van der Waals surface area contributed by atoms with Gasteiger partial charge < -0.3 is 10.6 Å². The summed E-state index contributed by atoms with van der Waals surface area (Å²) in [5.41, 5.74) is 3.98. The number of halogens is 1. The summed E-state index contributed by atoms with van der Waals surface area (Å²) in [7, 11) is 0. The van der Waals surface area contributed by atoms with Crippen LogP contribution in [0.4, 0.5) is 17.1 Å². The Morgan fingerprint density at radius 1 is 1.05 bits per heavy atom. The predicted molar refractivity (Wildman–Crippen MR) is 82.9 cm³/mol. The maximum atomic E-state index is 10.9. The second kappa shape index (κ2) is 5.89. The van der Waals surface area contributed by atoms with Crippen molar-refractivity contribution in [2.24, 2.45) is 0 Å². The van der Waals surface area contributed by atoms with Gasteiger partial charge in [-0.2, -0.15) is 0 Å². The van der Waals surface area contributed by atoms with Crippen LogP contribution in [0.2, 0.25) is 0 Å². The molecule has 0 bridgehead atoms. The summed E-state index contributed by atoms with van der Waals surface area (Å²) in [5, 5.41) is 6.06. The lowest BCUT2D eigenvalue weighted by Crippen LogP contribution is -2.05. The number of anilines is 3. The van der Waals surface area contributed by atoms with Crippen LogP contribution in [0.25, 0.3) is 0 Å². The van der Waals surface area contributed by atoms with Gasteiger partial charge in [0.15, 0.2) is 0 Å². The molecule has 0 fully saturated rings. The fourth-order valence-electron chi connectivity index (χ4n) is 1.72. The highest BCUT2D eigenvalue weighted by Gasteiger charge is 2.01. The van der Waals surface area contributed by atoms with Crippen LogP contribution in [0.15, 0.2) is 46.9 Å². The van der Waals surface area contributed by atoms with E-state index in [-0.39, 0.29) is 5.91 Å². The summed E-state index contributed by atoms with van der Waals surface area (Å²) in [4.78, 5) is 10.9. The lowest BCUT2D eigenvalue weighted by molar-refractivity contribution is -0.114. The van der Waals surface area contributed by atoms with Crippen molar-refractivity contribution >= 4 is 38.9 Å². The Morgan fingerprint density at radius 3 is 2.26 bits per heavy atom. The third kappa shape index (κ3) is 3.83. The zero-order valence-corrected chi connectivity index (χ0v) is 12.4. The Hall–Kier alpha value is -1.81. The molecule has 0 radical (unpaired) electrons. The molecule has 0 spiro atoms. The van der Waals surface area contributed by atoms with E-state index < -0.39 is 0 Å². The predicted octanol–water partition coefficient (Wildman–Crippen LogP) is 4.46. The van der Waals surface area contributed by atoms with Crippen molar-refractivity contribution in [3.8, 4) is 0 Å². The van der Waals surface area contributed by atoms with Gasteiger partial charge in [-0.25, -0.2) is 0 Å². The van der Waals surface area contributed by atoms with Crippen LogP contribution in [-0.2, 0) is 4.79 Å². The Bertz CT molecular complexity index is 594. The van der Waals surface area contributed by atoms with E-state index in [2.05, 4.69) is 45.6 Å². The van der Waals surface area contributed by atoms with Gasteiger partial charge in [-0.1, -0.05) is 6.07 Å². The minimum atomic E-state index is -0.0676. The lowest BCUT2D eigenvalue weighted by Gasteiger charge is -2.10. The fourth-order valence-corrected chi connectivity index (χ4v) is 2.31. The van der Waals surface area contributed by atoms with Gasteiger partial charge in [0, 0.05) is 22.8 Å². The summed E-state index contributed by atoms with van der Waals surface area (Å²) in [6.45, 7) is 3.55. The molecule has 0 aliphatic rings. The van der Waals surface area contributed by atoms with Gasteiger partial charge >= 0.3 is 0 Å². The number of aryl methyl sites for hydroxylation is 1. The maximum Gasteiger partial charge on any atom is 0.221 e. The first-order chi connectivity index (χ1) is 9.04. The van der Waals surface area contributed by atoms with E-state index in [9.17, 15) is 4.79 Å². The molecule has 2 N–H and O–H groups in total. The molecule has 0 aliphatic carbocycles. The third-order valence-electron chi connectivity index (χ3n) is 2.61. The van der Waals surface area contributed by atoms with Crippen LogP contribution >= 0.6 is 15.9 Å². The monoisotopic (exact) mass is 318 g/mol.